The predicted molar refractivity (Wildman–Crippen MR) is 91.0 cm³/mol. The molecule has 0 saturated heterocycles. The minimum atomic E-state index is 0.786. The van der Waals surface area contributed by atoms with Crippen molar-refractivity contribution >= 4 is 0 Å². The van der Waals surface area contributed by atoms with Crippen molar-refractivity contribution in [3.05, 3.63) is 59.9 Å². The molecule has 6 heteroatoms. The van der Waals surface area contributed by atoms with E-state index in [0.29, 0.717) is 0 Å². The molecule has 0 fully saturated rings. The van der Waals surface area contributed by atoms with Gasteiger partial charge in [0.2, 0.25) is 0 Å². The van der Waals surface area contributed by atoms with Crippen LogP contribution in [0.15, 0.2) is 43.0 Å². The molecule has 4 rings (SSSR count). The van der Waals surface area contributed by atoms with Crippen LogP contribution in [0.25, 0.3) is 11.4 Å². The second kappa shape index (κ2) is 6.49. The van der Waals surface area contributed by atoms with Crippen LogP contribution in [0.4, 0.5) is 0 Å². The van der Waals surface area contributed by atoms with Gasteiger partial charge in [-0.1, -0.05) is 0 Å². The largest absolute Gasteiger partial charge is 0.293 e. The molecule has 122 valence electrons. The second-order valence-corrected chi connectivity index (χ2v) is 6.00. The number of rotatable bonds is 4. The van der Waals surface area contributed by atoms with Crippen LogP contribution in [0.5, 0.6) is 0 Å². The molecule has 0 atom stereocenters. The smallest absolute Gasteiger partial charge is 0.159 e. The number of aryl methyl sites for hydroxylation is 1. The molecule has 24 heavy (non-hydrogen) atoms. The van der Waals surface area contributed by atoms with Gasteiger partial charge in [0.25, 0.3) is 0 Å². The normalized spacial score (nSPS) is 14.5. The summed E-state index contributed by atoms with van der Waals surface area (Å²) >= 11 is 0. The highest BCUT2D eigenvalue weighted by Gasteiger charge is 2.19. The van der Waals surface area contributed by atoms with Crippen LogP contribution >= 0.6 is 0 Å². The lowest BCUT2D eigenvalue weighted by Gasteiger charge is -2.28. The van der Waals surface area contributed by atoms with E-state index in [1.165, 1.54) is 11.3 Å². The Bertz CT molecular complexity index is 827. The highest BCUT2D eigenvalue weighted by molar-refractivity contribution is 5.54. The summed E-state index contributed by atoms with van der Waals surface area (Å²) < 4.78 is 2.05. The maximum Gasteiger partial charge on any atom is 0.159 e. The SMILES string of the molecule is CCn1nccc1CN1CCc2nc(-c3ccncc3)ncc2C1. The summed E-state index contributed by atoms with van der Waals surface area (Å²) in [6.07, 6.45) is 8.35. The first-order chi connectivity index (χ1) is 11.8. The van der Waals surface area contributed by atoms with Crippen molar-refractivity contribution in [1.29, 1.82) is 0 Å². The number of nitrogens with zero attached hydrogens (tertiary/aromatic N) is 6. The van der Waals surface area contributed by atoms with Gasteiger partial charge >= 0.3 is 0 Å². The van der Waals surface area contributed by atoms with Crippen LogP contribution in [-0.4, -0.2) is 36.2 Å². The molecule has 0 radical (unpaired) electrons. The first kappa shape index (κ1) is 15.0. The fraction of sp³-hybridized carbons (Fsp3) is 0.333. The average Bonchev–Trinajstić information content (AvgIpc) is 3.09. The van der Waals surface area contributed by atoms with E-state index < -0.39 is 0 Å². The standard InChI is InChI=1S/C18H20N6/c1-2-24-16(5-9-21-24)13-23-10-6-17-15(12-23)11-20-18(22-17)14-3-7-19-8-4-14/h3-5,7-9,11H,2,6,10,12-13H2,1H3. The van der Waals surface area contributed by atoms with E-state index in [9.17, 15) is 0 Å². The number of fused-ring (bicyclic) bond motifs is 1. The van der Waals surface area contributed by atoms with E-state index in [1.54, 1.807) is 12.4 Å². The zero-order valence-electron chi connectivity index (χ0n) is 13.8. The van der Waals surface area contributed by atoms with Gasteiger partial charge in [-0.15, -0.1) is 0 Å². The molecule has 0 unspecified atom stereocenters. The summed E-state index contributed by atoms with van der Waals surface area (Å²) in [5.41, 5.74) is 4.66. The zero-order chi connectivity index (χ0) is 16.4. The first-order valence-electron chi connectivity index (χ1n) is 8.31. The van der Waals surface area contributed by atoms with Gasteiger partial charge in [0.15, 0.2) is 5.82 Å². The van der Waals surface area contributed by atoms with Crippen molar-refractivity contribution in [2.24, 2.45) is 0 Å². The summed E-state index contributed by atoms with van der Waals surface area (Å²) in [7, 11) is 0. The van der Waals surface area contributed by atoms with Gasteiger partial charge in [-0.25, -0.2) is 9.97 Å². The van der Waals surface area contributed by atoms with Crippen LogP contribution in [-0.2, 0) is 26.1 Å². The van der Waals surface area contributed by atoms with E-state index in [-0.39, 0.29) is 0 Å². The number of aromatic nitrogens is 5. The Labute approximate surface area is 141 Å². The Kier molecular flexibility index (Phi) is 4.04. The second-order valence-electron chi connectivity index (χ2n) is 6.00. The molecule has 6 nitrogen and oxygen atoms in total. The van der Waals surface area contributed by atoms with E-state index in [1.807, 2.05) is 24.5 Å². The molecule has 3 aromatic heterocycles. The number of pyridine rings is 1. The van der Waals surface area contributed by atoms with Crippen LogP contribution in [0.2, 0.25) is 0 Å². The molecule has 0 saturated carbocycles. The third-order valence-corrected chi connectivity index (χ3v) is 4.44. The zero-order valence-corrected chi connectivity index (χ0v) is 13.8. The van der Waals surface area contributed by atoms with Crippen LogP contribution in [0, 0.1) is 0 Å². The predicted octanol–water partition coefficient (Wildman–Crippen LogP) is 2.31. The molecule has 4 heterocycles. The lowest BCUT2D eigenvalue weighted by molar-refractivity contribution is 0.235. The molecular weight excluding hydrogens is 300 g/mol. The van der Waals surface area contributed by atoms with Crippen LogP contribution in [0.1, 0.15) is 23.9 Å². The highest BCUT2D eigenvalue weighted by atomic mass is 15.3. The van der Waals surface area contributed by atoms with Crippen molar-refractivity contribution in [1.82, 2.24) is 29.6 Å². The van der Waals surface area contributed by atoms with E-state index >= 15 is 0 Å². The van der Waals surface area contributed by atoms with Crippen molar-refractivity contribution < 1.29 is 0 Å². The maximum absolute atomic E-state index is 4.77. The molecule has 0 aromatic carbocycles. The third-order valence-electron chi connectivity index (χ3n) is 4.44. The Morgan fingerprint density at radius 1 is 1.12 bits per heavy atom. The molecule has 0 aliphatic carbocycles. The number of hydrogen-bond donors (Lipinski definition) is 0. The van der Waals surface area contributed by atoms with E-state index in [4.69, 9.17) is 4.98 Å². The number of hydrogen-bond acceptors (Lipinski definition) is 5. The monoisotopic (exact) mass is 320 g/mol. The van der Waals surface area contributed by atoms with Crippen LogP contribution < -0.4 is 0 Å². The summed E-state index contributed by atoms with van der Waals surface area (Å²) in [6, 6.07) is 5.99. The lowest BCUT2D eigenvalue weighted by atomic mass is 10.1. The maximum atomic E-state index is 4.77. The van der Waals surface area contributed by atoms with Crippen molar-refractivity contribution in [3.63, 3.8) is 0 Å². The molecule has 0 bridgehead atoms. The topological polar surface area (TPSA) is 59.7 Å². The fourth-order valence-corrected chi connectivity index (χ4v) is 3.16. The van der Waals surface area contributed by atoms with Gasteiger partial charge in [-0.3, -0.25) is 14.6 Å². The van der Waals surface area contributed by atoms with Gasteiger partial charge < -0.3 is 0 Å². The molecule has 3 aromatic rings. The summed E-state index contributed by atoms with van der Waals surface area (Å²) in [5, 5.41) is 4.35. The van der Waals surface area contributed by atoms with E-state index in [0.717, 1.165) is 49.7 Å². The lowest BCUT2D eigenvalue weighted by Crippen LogP contribution is -2.31. The fourth-order valence-electron chi connectivity index (χ4n) is 3.16. The van der Waals surface area contributed by atoms with Crippen LogP contribution in [0.3, 0.4) is 0 Å². The van der Waals surface area contributed by atoms with Gasteiger partial charge in [0.05, 0.1) is 11.4 Å². The Morgan fingerprint density at radius 2 is 2.00 bits per heavy atom. The minimum Gasteiger partial charge on any atom is -0.293 e. The summed E-state index contributed by atoms with van der Waals surface area (Å²) in [5.74, 6) is 0.786. The molecule has 1 aliphatic rings. The van der Waals surface area contributed by atoms with Crippen molar-refractivity contribution in [2.45, 2.75) is 33.0 Å². The quantitative estimate of drug-likeness (QED) is 0.738. The minimum absolute atomic E-state index is 0.786. The Morgan fingerprint density at radius 3 is 2.83 bits per heavy atom. The highest BCUT2D eigenvalue weighted by Crippen LogP contribution is 2.21. The molecule has 0 amide bonds. The van der Waals surface area contributed by atoms with Gasteiger partial charge in [0.1, 0.15) is 0 Å². The summed E-state index contributed by atoms with van der Waals surface area (Å²) in [4.78, 5) is 15.8. The van der Waals surface area contributed by atoms with E-state index in [2.05, 4.69) is 37.6 Å². The molecule has 0 spiro atoms. The molecule has 0 N–H and O–H groups in total. The summed E-state index contributed by atoms with van der Waals surface area (Å²) in [6.45, 7) is 5.84. The molecular formula is C18H20N6. The van der Waals surface area contributed by atoms with Gasteiger partial charge in [0, 0.05) is 68.5 Å². The van der Waals surface area contributed by atoms with Crippen molar-refractivity contribution in [2.75, 3.05) is 6.54 Å². The third kappa shape index (κ3) is 2.92. The Balaban J connectivity index is 1.52. The molecule has 1 aliphatic heterocycles. The Hall–Kier alpha value is -2.60. The first-order valence-corrected chi connectivity index (χ1v) is 8.31. The average molecular weight is 320 g/mol. The van der Waals surface area contributed by atoms with Crippen molar-refractivity contribution in [3.8, 4) is 11.4 Å². The van der Waals surface area contributed by atoms with Gasteiger partial charge in [-0.05, 0) is 25.1 Å². The van der Waals surface area contributed by atoms with Gasteiger partial charge in [-0.2, -0.15) is 5.10 Å².